The summed E-state index contributed by atoms with van der Waals surface area (Å²) in [4.78, 5) is 0.566. The number of hydrogen-bond acceptors (Lipinski definition) is 2. The molecule has 13 heavy (non-hydrogen) atoms. The smallest absolute Gasteiger partial charge is 0.118 e. The minimum absolute atomic E-state index is 0.566. The van der Waals surface area contributed by atoms with Crippen molar-refractivity contribution in [2.45, 2.75) is 12.8 Å². The molecule has 70 valence electrons. The highest BCUT2D eigenvalue weighted by molar-refractivity contribution is 7.80. The maximum absolute atomic E-state index is 5.40. The second-order valence-corrected chi connectivity index (χ2v) is 3.34. The average Bonchev–Trinajstić information content (AvgIpc) is 2.15. The summed E-state index contributed by atoms with van der Waals surface area (Å²) in [5.74, 6) is 0.874. The van der Waals surface area contributed by atoms with Gasteiger partial charge in [-0.05, 0) is 24.1 Å². The molecule has 0 aliphatic heterocycles. The molecule has 3 heteroatoms. The monoisotopic (exact) mass is 195 g/mol. The molecule has 0 aliphatic rings. The number of hydrogen-bond donors (Lipinski definition) is 1. The van der Waals surface area contributed by atoms with E-state index in [4.69, 9.17) is 22.7 Å². The number of rotatable bonds is 4. The average molecular weight is 195 g/mol. The lowest BCUT2D eigenvalue weighted by Crippen LogP contribution is -2.08. The van der Waals surface area contributed by atoms with Crippen molar-refractivity contribution in [2.75, 3.05) is 7.11 Å². The van der Waals surface area contributed by atoms with E-state index >= 15 is 0 Å². The van der Waals surface area contributed by atoms with Gasteiger partial charge in [0.25, 0.3) is 0 Å². The second kappa shape index (κ2) is 4.82. The Hall–Kier alpha value is -1.09. The molecule has 0 spiro atoms. The van der Waals surface area contributed by atoms with Gasteiger partial charge in [-0.25, -0.2) is 0 Å². The van der Waals surface area contributed by atoms with E-state index < -0.39 is 0 Å². The van der Waals surface area contributed by atoms with E-state index in [-0.39, 0.29) is 0 Å². The van der Waals surface area contributed by atoms with Gasteiger partial charge in [0.15, 0.2) is 0 Å². The number of benzene rings is 1. The van der Waals surface area contributed by atoms with Gasteiger partial charge in [-0.3, -0.25) is 0 Å². The van der Waals surface area contributed by atoms with Gasteiger partial charge < -0.3 is 10.5 Å². The van der Waals surface area contributed by atoms with Gasteiger partial charge in [-0.1, -0.05) is 24.4 Å². The van der Waals surface area contributed by atoms with Crippen LogP contribution >= 0.6 is 12.2 Å². The molecule has 2 nitrogen and oxygen atoms in total. The quantitative estimate of drug-likeness (QED) is 0.745. The van der Waals surface area contributed by atoms with Crippen LogP contribution in [0, 0.1) is 0 Å². The molecule has 1 aromatic carbocycles. The minimum Gasteiger partial charge on any atom is -0.497 e. The van der Waals surface area contributed by atoms with Crippen LogP contribution in [0.3, 0.4) is 0 Å². The zero-order valence-electron chi connectivity index (χ0n) is 7.62. The Morgan fingerprint density at radius 3 is 2.46 bits per heavy atom. The van der Waals surface area contributed by atoms with Crippen LogP contribution in [-0.2, 0) is 6.42 Å². The number of methoxy groups -OCH3 is 1. The van der Waals surface area contributed by atoms with Gasteiger partial charge in [0.05, 0.1) is 12.1 Å². The largest absolute Gasteiger partial charge is 0.497 e. The summed E-state index contributed by atoms with van der Waals surface area (Å²) in [5.41, 5.74) is 6.63. The molecular weight excluding hydrogens is 182 g/mol. The molecular formula is C10H13NOS. The molecule has 0 saturated heterocycles. The van der Waals surface area contributed by atoms with Crippen LogP contribution in [-0.4, -0.2) is 12.1 Å². The molecule has 0 fully saturated rings. The molecule has 1 rings (SSSR count). The maximum atomic E-state index is 5.40. The summed E-state index contributed by atoms with van der Waals surface area (Å²) in [6, 6.07) is 7.93. The highest BCUT2D eigenvalue weighted by Crippen LogP contribution is 2.12. The third-order valence-electron chi connectivity index (χ3n) is 1.82. The third kappa shape index (κ3) is 3.42. The lowest BCUT2D eigenvalue weighted by atomic mass is 10.1. The summed E-state index contributed by atoms with van der Waals surface area (Å²) in [7, 11) is 1.66. The summed E-state index contributed by atoms with van der Waals surface area (Å²) in [5, 5.41) is 0. The molecule has 0 aromatic heterocycles. The number of aryl methyl sites for hydroxylation is 1. The Bertz CT molecular complexity index is 281. The number of thiocarbonyl (C=S) groups is 1. The van der Waals surface area contributed by atoms with Crippen molar-refractivity contribution in [1.82, 2.24) is 0 Å². The summed E-state index contributed by atoms with van der Waals surface area (Å²) in [6.45, 7) is 0. The highest BCUT2D eigenvalue weighted by Gasteiger charge is 1.95. The first-order chi connectivity index (χ1) is 6.22. The fourth-order valence-corrected chi connectivity index (χ4v) is 1.16. The van der Waals surface area contributed by atoms with Gasteiger partial charge >= 0.3 is 0 Å². The van der Waals surface area contributed by atoms with Crippen LogP contribution in [0.5, 0.6) is 5.75 Å². The molecule has 0 aliphatic carbocycles. The van der Waals surface area contributed by atoms with E-state index in [0.29, 0.717) is 4.99 Å². The van der Waals surface area contributed by atoms with Crippen molar-refractivity contribution >= 4 is 17.2 Å². The third-order valence-corrected chi connectivity index (χ3v) is 2.02. The lowest BCUT2D eigenvalue weighted by Gasteiger charge is -2.02. The first-order valence-corrected chi connectivity index (χ1v) is 4.54. The van der Waals surface area contributed by atoms with Gasteiger partial charge in [0.1, 0.15) is 5.75 Å². The first-order valence-electron chi connectivity index (χ1n) is 4.13. The fourth-order valence-electron chi connectivity index (χ4n) is 1.06. The van der Waals surface area contributed by atoms with Crippen molar-refractivity contribution in [3.63, 3.8) is 0 Å². The van der Waals surface area contributed by atoms with Crippen LogP contribution in [0.1, 0.15) is 12.0 Å². The zero-order chi connectivity index (χ0) is 9.68. The van der Waals surface area contributed by atoms with Crippen LogP contribution < -0.4 is 10.5 Å². The Labute approximate surface area is 83.7 Å². The van der Waals surface area contributed by atoms with E-state index in [9.17, 15) is 0 Å². The fraction of sp³-hybridized carbons (Fsp3) is 0.300. The predicted molar refractivity (Wildman–Crippen MR) is 58.1 cm³/mol. The van der Waals surface area contributed by atoms with Crippen LogP contribution in [0.4, 0.5) is 0 Å². The molecule has 0 unspecified atom stereocenters. The molecule has 0 radical (unpaired) electrons. The van der Waals surface area contributed by atoms with Crippen molar-refractivity contribution in [3.8, 4) is 5.75 Å². The summed E-state index contributed by atoms with van der Waals surface area (Å²) < 4.78 is 5.04. The molecule has 0 atom stereocenters. The summed E-state index contributed by atoms with van der Waals surface area (Å²) >= 11 is 4.80. The van der Waals surface area contributed by atoms with Crippen molar-refractivity contribution in [3.05, 3.63) is 29.8 Å². The predicted octanol–water partition coefficient (Wildman–Crippen LogP) is 1.91. The Balaban J connectivity index is 2.54. The van der Waals surface area contributed by atoms with Crippen molar-refractivity contribution < 1.29 is 4.74 Å². The van der Waals surface area contributed by atoms with E-state index in [1.807, 2.05) is 24.3 Å². The normalized spacial score (nSPS) is 9.62. The van der Waals surface area contributed by atoms with Crippen LogP contribution in [0.2, 0.25) is 0 Å². The molecule has 0 saturated carbocycles. The SMILES string of the molecule is COc1ccc(CCC(N)=S)cc1. The highest BCUT2D eigenvalue weighted by atomic mass is 32.1. The number of nitrogens with two attached hydrogens (primary N) is 1. The minimum atomic E-state index is 0.566. The molecule has 1 aromatic rings. The second-order valence-electron chi connectivity index (χ2n) is 2.81. The van der Waals surface area contributed by atoms with Crippen LogP contribution in [0.25, 0.3) is 0 Å². The maximum Gasteiger partial charge on any atom is 0.118 e. The van der Waals surface area contributed by atoms with Crippen molar-refractivity contribution in [2.24, 2.45) is 5.73 Å². The molecule has 0 bridgehead atoms. The van der Waals surface area contributed by atoms with E-state index in [1.54, 1.807) is 7.11 Å². The number of ether oxygens (including phenoxy) is 1. The first kappa shape index (κ1) is 9.99. The van der Waals surface area contributed by atoms with Crippen molar-refractivity contribution in [1.29, 1.82) is 0 Å². The standard InChI is InChI=1S/C10H13NOS/c1-12-9-5-2-8(3-6-9)4-7-10(11)13/h2-3,5-6H,4,7H2,1H3,(H2,11,13). The van der Waals surface area contributed by atoms with Gasteiger partial charge in [-0.15, -0.1) is 0 Å². The Morgan fingerprint density at radius 2 is 2.00 bits per heavy atom. The molecule has 2 N–H and O–H groups in total. The topological polar surface area (TPSA) is 35.2 Å². The molecule has 0 amide bonds. The molecule has 0 heterocycles. The van der Waals surface area contributed by atoms with E-state index in [2.05, 4.69) is 0 Å². The Morgan fingerprint density at radius 1 is 1.38 bits per heavy atom. The van der Waals surface area contributed by atoms with Crippen LogP contribution in [0.15, 0.2) is 24.3 Å². The Kier molecular flexibility index (Phi) is 3.71. The zero-order valence-corrected chi connectivity index (χ0v) is 8.43. The van der Waals surface area contributed by atoms with Gasteiger partial charge in [0, 0.05) is 6.42 Å². The van der Waals surface area contributed by atoms with Gasteiger partial charge in [0.2, 0.25) is 0 Å². The van der Waals surface area contributed by atoms with E-state index in [0.717, 1.165) is 18.6 Å². The van der Waals surface area contributed by atoms with E-state index in [1.165, 1.54) is 5.56 Å². The summed E-state index contributed by atoms with van der Waals surface area (Å²) in [6.07, 6.45) is 1.67. The van der Waals surface area contributed by atoms with Gasteiger partial charge in [-0.2, -0.15) is 0 Å². The lowest BCUT2D eigenvalue weighted by molar-refractivity contribution is 0.414.